The summed E-state index contributed by atoms with van der Waals surface area (Å²) in [5.41, 5.74) is 7.87. The Kier molecular flexibility index (Phi) is 6.46. The summed E-state index contributed by atoms with van der Waals surface area (Å²) in [5, 5.41) is 2.87. The Morgan fingerprint density at radius 2 is 1.83 bits per heavy atom. The van der Waals surface area contributed by atoms with Gasteiger partial charge in [0.15, 0.2) is 0 Å². The standard InChI is InChI=1S/C18H22N2O2.ClH/c1-18(2,13-7-5-4-6-8-13)12-17(21)20-16-11-14(22-3)9-10-15(16)19;/h4-11H,12,19H2,1-3H3,(H,20,21);1H. The van der Waals surface area contributed by atoms with Crippen molar-refractivity contribution in [2.24, 2.45) is 0 Å². The van der Waals surface area contributed by atoms with Gasteiger partial charge in [-0.15, -0.1) is 12.4 Å². The van der Waals surface area contributed by atoms with Crippen molar-refractivity contribution in [1.29, 1.82) is 0 Å². The van der Waals surface area contributed by atoms with Crippen LogP contribution in [-0.2, 0) is 10.2 Å². The number of halogens is 1. The summed E-state index contributed by atoms with van der Waals surface area (Å²) in [5.74, 6) is 0.584. The maximum atomic E-state index is 12.3. The van der Waals surface area contributed by atoms with Gasteiger partial charge < -0.3 is 15.8 Å². The lowest BCUT2D eigenvalue weighted by Crippen LogP contribution is -2.26. The monoisotopic (exact) mass is 334 g/mol. The van der Waals surface area contributed by atoms with Crippen LogP contribution in [0.25, 0.3) is 0 Å². The van der Waals surface area contributed by atoms with Crippen LogP contribution in [0.3, 0.4) is 0 Å². The van der Waals surface area contributed by atoms with Crippen LogP contribution in [-0.4, -0.2) is 13.0 Å². The van der Waals surface area contributed by atoms with Crippen LogP contribution in [0.15, 0.2) is 48.5 Å². The molecule has 23 heavy (non-hydrogen) atoms. The van der Waals surface area contributed by atoms with E-state index in [1.54, 1.807) is 25.3 Å². The number of ether oxygens (including phenoxy) is 1. The van der Waals surface area contributed by atoms with Gasteiger partial charge in [-0.1, -0.05) is 44.2 Å². The summed E-state index contributed by atoms with van der Waals surface area (Å²) in [6.45, 7) is 4.10. The SMILES string of the molecule is COc1ccc(N)c(NC(=O)CC(C)(C)c2ccccc2)c1.Cl. The van der Waals surface area contributed by atoms with Gasteiger partial charge in [0.2, 0.25) is 5.91 Å². The number of rotatable bonds is 5. The molecule has 0 atom stereocenters. The molecule has 0 saturated carbocycles. The minimum absolute atomic E-state index is 0. The minimum Gasteiger partial charge on any atom is -0.497 e. The van der Waals surface area contributed by atoms with E-state index in [0.29, 0.717) is 23.5 Å². The quantitative estimate of drug-likeness (QED) is 0.812. The second-order valence-electron chi connectivity index (χ2n) is 5.93. The first kappa shape index (κ1) is 18.8. The van der Waals surface area contributed by atoms with Crippen LogP contribution >= 0.6 is 12.4 Å². The number of nitrogens with one attached hydrogen (secondary N) is 1. The topological polar surface area (TPSA) is 64.3 Å². The third-order valence-corrected chi connectivity index (χ3v) is 3.69. The fraction of sp³-hybridized carbons (Fsp3) is 0.278. The molecule has 2 aromatic carbocycles. The molecule has 1 amide bonds. The second-order valence-corrected chi connectivity index (χ2v) is 5.93. The summed E-state index contributed by atoms with van der Waals surface area (Å²) in [7, 11) is 1.58. The average Bonchev–Trinajstić information content (AvgIpc) is 2.50. The van der Waals surface area contributed by atoms with E-state index in [0.717, 1.165) is 5.56 Å². The summed E-state index contributed by atoms with van der Waals surface area (Å²) < 4.78 is 5.15. The first-order valence-corrected chi connectivity index (χ1v) is 7.21. The van der Waals surface area contributed by atoms with Crippen LogP contribution in [0.4, 0.5) is 11.4 Å². The Labute approximate surface area is 143 Å². The molecule has 0 aliphatic heterocycles. The van der Waals surface area contributed by atoms with E-state index >= 15 is 0 Å². The zero-order chi connectivity index (χ0) is 16.2. The molecule has 0 radical (unpaired) electrons. The van der Waals surface area contributed by atoms with Crippen molar-refractivity contribution >= 4 is 29.7 Å². The zero-order valence-electron chi connectivity index (χ0n) is 13.6. The van der Waals surface area contributed by atoms with E-state index in [4.69, 9.17) is 10.5 Å². The molecule has 0 unspecified atom stereocenters. The summed E-state index contributed by atoms with van der Waals surface area (Å²) in [6.07, 6.45) is 0.369. The van der Waals surface area contributed by atoms with Crippen LogP contribution in [0.5, 0.6) is 5.75 Å². The molecule has 2 aromatic rings. The number of nitrogens with two attached hydrogens (primary N) is 1. The highest BCUT2D eigenvalue weighted by Gasteiger charge is 2.24. The fourth-order valence-corrected chi connectivity index (χ4v) is 2.36. The molecule has 2 rings (SSSR count). The molecule has 0 saturated heterocycles. The number of benzene rings is 2. The molecule has 5 heteroatoms. The van der Waals surface area contributed by atoms with Crippen molar-refractivity contribution in [3.63, 3.8) is 0 Å². The normalized spacial score (nSPS) is 10.6. The molecule has 124 valence electrons. The molecule has 0 aromatic heterocycles. The Hall–Kier alpha value is -2.20. The number of anilines is 2. The third-order valence-electron chi connectivity index (χ3n) is 3.69. The predicted molar refractivity (Wildman–Crippen MR) is 97.4 cm³/mol. The molecule has 3 N–H and O–H groups in total. The second kappa shape index (κ2) is 7.88. The van der Waals surface area contributed by atoms with Gasteiger partial charge in [-0.3, -0.25) is 4.79 Å². The van der Waals surface area contributed by atoms with Crippen LogP contribution in [0.1, 0.15) is 25.8 Å². The van der Waals surface area contributed by atoms with Crippen LogP contribution < -0.4 is 15.8 Å². The maximum Gasteiger partial charge on any atom is 0.225 e. The van der Waals surface area contributed by atoms with Gasteiger partial charge in [0.1, 0.15) is 5.75 Å². The molecule has 0 aliphatic carbocycles. The minimum atomic E-state index is -0.251. The lowest BCUT2D eigenvalue weighted by Gasteiger charge is -2.24. The maximum absolute atomic E-state index is 12.3. The van der Waals surface area contributed by atoms with E-state index in [-0.39, 0.29) is 23.7 Å². The van der Waals surface area contributed by atoms with Crippen molar-refractivity contribution in [3.05, 3.63) is 54.1 Å². The van der Waals surface area contributed by atoms with Crippen LogP contribution in [0.2, 0.25) is 0 Å². The Morgan fingerprint density at radius 3 is 2.43 bits per heavy atom. The highest BCUT2D eigenvalue weighted by atomic mass is 35.5. The number of amides is 1. The molecule has 4 nitrogen and oxygen atoms in total. The molecule has 0 heterocycles. The molecule has 0 bridgehead atoms. The van der Waals surface area contributed by atoms with E-state index in [1.165, 1.54) is 0 Å². The fourth-order valence-electron chi connectivity index (χ4n) is 2.36. The first-order valence-electron chi connectivity index (χ1n) is 7.21. The van der Waals surface area contributed by atoms with Gasteiger partial charge >= 0.3 is 0 Å². The van der Waals surface area contributed by atoms with Crippen molar-refractivity contribution < 1.29 is 9.53 Å². The summed E-state index contributed by atoms with van der Waals surface area (Å²) in [4.78, 5) is 12.3. The molecule has 0 fully saturated rings. The van der Waals surface area contributed by atoms with Crippen molar-refractivity contribution in [3.8, 4) is 5.75 Å². The highest BCUT2D eigenvalue weighted by Crippen LogP contribution is 2.29. The van der Waals surface area contributed by atoms with Gasteiger partial charge in [-0.2, -0.15) is 0 Å². The van der Waals surface area contributed by atoms with E-state index in [9.17, 15) is 4.79 Å². The first-order chi connectivity index (χ1) is 10.4. The largest absolute Gasteiger partial charge is 0.497 e. The van der Waals surface area contributed by atoms with Gasteiger partial charge in [-0.05, 0) is 23.1 Å². The third kappa shape index (κ3) is 4.89. The van der Waals surface area contributed by atoms with E-state index in [2.05, 4.69) is 19.2 Å². The molecule has 0 spiro atoms. The average molecular weight is 335 g/mol. The van der Waals surface area contributed by atoms with Crippen molar-refractivity contribution in [2.75, 3.05) is 18.2 Å². The number of carbonyl (C=O) groups is 1. The van der Waals surface area contributed by atoms with Crippen LogP contribution in [0, 0.1) is 0 Å². The lowest BCUT2D eigenvalue weighted by molar-refractivity contribution is -0.117. The molecular weight excluding hydrogens is 312 g/mol. The van der Waals surface area contributed by atoms with Crippen molar-refractivity contribution in [2.45, 2.75) is 25.7 Å². The van der Waals surface area contributed by atoms with E-state index < -0.39 is 0 Å². The smallest absolute Gasteiger partial charge is 0.225 e. The Balaban J connectivity index is 0.00000264. The Bertz CT molecular complexity index is 657. The number of hydrogen-bond donors (Lipinski definition) is 2. The highest BCUT2D eigenvalue weighted by molar-refractivity contribution is 5.94. The number of methoxy groups -OCH3 is 1. The Morgan fingerprint density at radius 1 is 1.17 bits per heavy atom. The lowest BCUT2D eigenvalue weighted by atomic mass is 9.81. The molecular formula is C18H23ClN2O2. The summed E-state index contributed by atoms with van der Waals surface area (Å²) in [6, 6.07) is 15.2. The predicted octanol–water partition coefficient (Wildman–Crippen LogP) is 4.01. The zero-order valence-corrected chi connectivity index (χ0v) is 14.4. The number of nitrogen functional groups attached to an aromatic ring is 1. The van der Waals surface area contributed by atoms with Crippen molar-refractivity contribution in [1.82, 2.24) is 0 Å². The van der Waals surface area contributed by atoms with Gasteiger partial charge in [0.25, 0.3) is 0 Å². The van der Waals surface area contributed by atoms with Gasteiger partial charge in [0, 0.05) is 12.5 Å². The number of hydrogen-bond acceptors (Lipinski definition) is 3. The summed E-state index contributed by atoms with van der Waals surface area (Å²) >= 11 is 0. The molecule has 0 aliphatic rings. The van der Waals surface area contributed by atoms with E-state index in [1.807, 2.05) is 30.3 Å². The van der Waals surface area contributed by atoms with Gasteiger partial charge in [0.05, 0.1) is 18.5 Å². The van der Waals surface area contributed by atoms with Gasteiger partial charge in [-0.25, -0.2) is 0 Å². The number of carbonyl (C=O) groups excluding carboxylic acids is 1.